The summed E-state index contributed by atoms with van der Waals surface area (Å²) in [5, 5.41) is 39.3. The average Bonchev–Trinajstić information content (AvgIpc) is 3.31. The number of aromatic hydroxyl groups is 4. The minimum atomic E-state index is -0.422. The molecule has 0 amide bonds. The number of aromatic nitrogens is 4. The molecule has 348 valence electrons. The lowest BCUT2D eigenvalue weighted by atomic mass is 10.1. The van der Waals surface area contributed by atoms with E-state index in [4.69, 9.17) is 5.11 Å². The van der Waals surface area contributed by atoms with Gasteiger partial charge in [0.1, 0.15) is 0 Å². The van der Waals surface area contributed by atoms with E-state index < -0.39 is 11.1 Å². The van der Waals surface area contributed by atoms with Gasteiger partial charge in [-0.25, -0.2) is 0 Å². The number of hydrogen-bond donors (Lipinski definition) is 8. The molecule has 0 aliphatic heterocycles. The summed E-state index contributed by atoms with van der Waals surface area (Å²) in [6.07, 6.45) is 4.25. The highest BCUT2D eigenvalue weighted by Crippen LogP contribution is 2.24. The van der Waals surface area contributed by atoms with Gasteiger partial charge in [-0.2, -0.15) is 0 Å². The van der Waals surface area contributed by atoms with Gasteiger partial charge in [-0.1, -0.05) is 85.7 Å². The van der Waals surface area contributed by atoms with Gasteiger partial charge in [-0.15, -0.1) is 0 Å². The lowest BCUT2D eigenvalue weighted by Crippen LogP contribution is -2.23. The van der Waals surface area contributed by atoms with Crippen LogP contribution in [0.2, 0.25) is 0 Å². The van der Waals surface area contributed by atoms with Crippen molar-refractivity contribution in [3.63, 3.8) is 0 Å². The fourth-order valence-corrected chi connectivity index (χ4v) is 6.87. The fraction of sp³-hybridized carbons (Fsp3) is 0.417. The van der Waals surface area contributed by atoms with E-state index in [1.54, 1.807) is 18.3 Å². The summed E-state index contributed by atoms with van der Waals surface area (Å²) in [6.45, 7) is 26.7. The van der Waals surface area contributed by atoms with Gasteiger partial charge in [0.05, 0.1) is 5.52 Å². The van der Waals surface area contributed by atoms with E-state index >= 15 is 0 Å². The minimum Gasteiger partial charge on any atom is -0.503 e. The maximum absolute atomic E-state index is 11.8. The van der Waals surface area contributed by atoms with Crippen molar-refractivity contribution >= 4 is 21.8 Å². The Labute approximate surface area is 374 Å². The standard InChI is InChI=1S/2C14H18N2O2.2C10H16N2O2/c1-3-16(4-2)9-10-6-5-7-11-13(10)15-8-12(17)14(11)18;1-3-16(4-2)9-11-10-7-5-6-8-12(10)15-14(18)13(11)17;1-3-12(4-2)7-8-5-9(13)10(14)6-11-8;1-3-12(4-2)7-8-5-6-11-10(14)9(8)13/h2*5-8,17H,3-4,9H2,1-2H3,(H,15,18);5-6,14H,3-4,7H2,1-2H3,(H,11,13);5-6,13H,3-4,7H2,1-2H3,(H,11,14). The van der Waals surface area contributed by atoms with Gasteiger partial charge in [-0.3, -0.25) is 38.8 Å². The van der Waals surface area contributed by atoms with Crippen LogP contribution in [0.25, 0.3) is 21.8 Å². The van der Waals surface area contributed by atoms with Crippen molar-refractivity contribution in [1.29, 1.82) is 0 Å². The molecule has 2 aromatic carbocycles. The zero-order valence-corrected chi connectivity index (χ0v) is 38.6. The first-order valence-corrected chi connectivity index (χ1v) is 22.0. The summed E-state index contributed by atoms with van der Waals surface area (Å²) in [6, 6.07) is 16.3. The van der Waals surface area contributed by atoms with E-state index in [0.717, 1.165) is 86.6 Å². The number of aromatic amines is 4. The summed E-state index contributed by atoms with van der Waals surface area (Å²) in [5.41, 5.74) is 3.39. The topological polar surface area (TPSA) is 225 Å². The summed E-state index contributed by atoms with van der Waals surface area (Å²) < 4.78 is 0. The van der Waals surface area contributed by atoms with E-state index in [1.165, 1.54) is 18.5 Å². The SMILES string of the molecule is CCN(CC)Cc1c(O)c(=O)[nH]c2ccccc12.CCN(CC)Cc1cc(=O)c(O)c[nH]1.CCN(CC)Cc1cc[nH]c(=O)c1O.CCN(CC)Cc1cccc2c(=O)c(O)c[nH]c12. The van der Waals surface area contributed by atoms with Crippen molar-refractivity contribution in [2.24, 2.45) is 0 Å². The zero-order valence-electron chi connectivity index (χ0n) is 38.6. The summed E-state index contributed by atoms with van der Waals surface area (Å²) in [5.74, 6) is -0.796. The third-order valence-electron chi connectivity index (χ3n) is 11.1. The van der Waals surface area contributed by atoms with E-state index in [0.29, 0.717) is 36.1 Å². The molecule has 0 aliphatic rings. The second-order valence-electron chi connectivity index (χ2n) is 14.9. The zero-order chi connectivity index (χ0) is 47.3. The van der Waals surface area contributed by atoms with Crippen LogP contribution in [0.4, 0.5) is 0 Å². The Bertz CT molecular complexity index is 2590. The Hall–Kier alpha value is -6.20. The van der Waals surface area contributed by atoms with Crippen molar-refractivity contribution in [2.45, 2.75) is 81.6 Å². The number of nitrogens with one attached hydrogen (secondary N) is 4. The summed E-state index contributed by atoms with van der Waals surface area (Å²) in [4.78, 5) is 65.5. The number of para-hydroxylation sites is 2. The third-order valence-corrected chi connectivity index (χ3v) is 11.1. The molecule has 4 heterocycles. The molecule has 0 aliphatic carbocycles. The maximum atomic E-state index is 11.8. The maximum Gasteiger partial charge on any atom is 0.290 e. The second-order valence-corrected chi connectivity index (χ2v) is 14.9. The molecule has 16 heteroatoms. The Balaban J connectivity index is 0.000000229. The van der Waals surface area contributed by atoms with E-state index in [9.17, 15) is 34.5 Å². The molecular formula is C48H68N8O8. The van der Waals surface area contributed by atoms with Gasteiger partial charge in [0.2, 0.25) is 10.9 Å². The van der Waals surface area contributed by atoms with Crippen LogP contribution >= 0.6 is 0 Å². The van der Waals surface area contributed by atoms with Crippen molar-refractivity contribution in [1.82, 2.24) is 39.5 Å². The van der Waals surface area contributed by atoms with Gasteiger partial charge in [0.15, 0.2) is 23.0 Å². The number of rotatable bonds is 16. The number of H-pyrrole nitrogens is 4. The Morgan fingerprint density at radius 3 is 1.62 bits per heavy atom. The van der Waals surface area contributed by atoms with Crippen LogP contribution in [-0.4, -0.2) is 112 Å². The first-order chi connectivity index (χ1) is 30.7. The number of fused-ring (bicyclic) bond motifs is 2. The third kappa shape index (κ3) is 14.7. The van der Waals surface area contributed by atoms with Gasteiger partial charge in [0, 0.05) is 83.9 Å². The largest absolute Gasteiger partial charge is 0.503 e. The quantitative estimate of drug-likeness (QED) is 0.0561. The average molecular weight is 885 g/mol. The van der Waals surface area contributed by atoms with Gasteiger partial charge in [0.25, 0.3) is 11.1 Å². The van der Waals surface area contributed by atoms with Crippen LogP contribution in [0.5, 0.6) is 23.0 Å². The highest BCUT2D eigenvalue weighted by molar-refractivity contribution is 5.84. The Morgan fingerprint density at radius 2 is 1.03 bits per heavy atom. The Kier molecular flexibility index (Phi) is 21.5. The minimum absolute atomic E-state index is 0.166. The van der Waals surface area contributed by atoms with Crippen LogP contribution in [0.3, 0.4) is 0 Å². The van der Waals surface area contributed by atoms with Gasteiger partial charge in [-0.05, 0) is 76.1 Å². The second kappa shape index (κ2) is 26.4. The Morgan fingerprint density at radius 1 is 0.500 bits per heavy atom. The molecule has 0 saturated carbocycles. The summed E-state index contributed by atoms with van der Waals surface area (Å²) in [7, 11) is 0. The first-order valence-electron chi connectivity index (χ1n) is 22.0. The van der Waals surface area contributed by atoms with Gasteiger partial charge < -0.3 is 40.4 Å². The highest BCUT2D eigenvalue weighted by Gasteiger charge is 2.14. The van der Waals surface area contributed by atoms with Crippen molar-refractivity contribution in [3.05, 3.63) is 137 Å². The van der Waals surface area contributed by atoms with Crippen LogP contribution in [0.1, 0.15) is 77.8 Å². The molecule has 6 aromatic rings. The number of benzene rings is 2. The number of nitrogens with zero attached hydrogens (tertiary/aromatic N) is 4. The molecule has 0 saturated heterocycles. The predicted octanol–water partition coefficient (Wildman–Crippen LogP) is 6.00. The molecule has 0 spiro atoms. The van der Waals surface area contributed by atoms with Gasteiger partial charge >= 0.3 is 0 Å². The number of pyridine rings is 4. The highest BCUT2D eigenvalue weighted by atomic mass is 16.3. The van der Waals surface area contributed by atoms with Crippen LogP contribution in [0.15, 0.2) is 92.4 Å². The number of hydrogen-bond acceptors (Lipinski definition) is 12. The lowest BCUT2D eigenvalue weighted by Gasteiger charge is -2.19. The molecule has 0 fully saturated rings. The lowest BCUT2D eigenvalue weighted by molar-refractivity contribution is 0.290. The molecule has 16 nitrogen and oxygen atoms in total. The van der Waals surface area contributed by atoms with E-state index in [-0.39, 0.29) is 33.9 Å². The van der Waals surface area contributed by atoms with Crippen LogP contribution in [0, 0.1) is 0 Å². The molecule has 8 N–H and O–H groups in total. The van der Waals surface area contributed by atoms with Crippen molar-refractivity contribution in [3.8, 4) is 23.0 Å². The van der Waals surface area contributed by atoms with E-state index in [2.05, 4.69) is 81.1 Å². The fourth-order valence-electron chi connectivity index (χ4n) is 6.87. The van der Waals surface area contributed by atoms with Crippen molar-refractivity contribution < 1.29 is 20.4 Å². The monoisotopic (exact) mass is 885 g/mol. The first kappa shape index (κ1) is 52.1. The molecule has 0 radical (unpaired) electrons. The predicted molar refractivity (Wildman–Crippen MR) is 256 cm³/mol. The molecule has 64 heavy (non-hydrogen) atoms. The van der Waals surface area contributed by atoms with Crippen LogP contribution < -0.4 is 22.0 Å². The van der Waals surface area contributed by atoms with E-state index in [1.807, 2.05) is 50.2 Å². The normalized spacial score (nSPS) is 11.1. The molecule has 6 rings (SSSR count). The molecular weight excluding hydrogens is 817 g/mol. The smallest absolute Gasteiger partial charge is 0.290 e. The molecule has 4 aromatic heterocycles. The molecule has 0 bridgehead atoms. The summed E-state index contributed by atoms with van der Waals surface area (Å²) >= 11 is 0. The van der Waals surface area contributed by atoms with Crippen molar-refractivity contribution in [2.75, 3.05) is 52.4 Å². The molecule has 0 unspecified atom stereocenters. The molecule has 0 atom stereocenters. The van der Waals surface area contributed by atoms with Crippen LogP contribution in [-0.2, 0) is 26.2 Å².